The van der Waals surface area contributed by atoms with Gasteiger partial charge in [-0.1, -0.05) is 0 Å². The molecule has 0 unspecified atom stereocenters. The van der Waals surface area contributed by atoms with Crippen molar-refractivity contribution in [3.63, 3.8) is 0 Å². The predicted molar refractivity (Wildman–Crippen MR) is 87.4 cm³/mol. The SMILES string of the molecule is Nc1nc(NC2CC2)c2ncn(C[C@@H]3C[C@H](P(=O)(O)O)O[C@H]3O)c2n1. The third kappa shape index (κ3) is 3.33. The molecule has 25 heavy (non-hydrogen) atoms. The van der Waals surface area contributed by atoms with Gasteiger partial charge in [0.25, 0.3) is 0 Å². The van der Waals surface area contributed by atoms with Crippen LogP contribution in [-0.2, 0) is 15.8 Å². The van der Waals surface area contributed by atoms with Gasteiger partial charge in [0, 0.05) is 18.5 Å². The highest BCUT2D eigenvalue weighted by atomic mass is 31.2. The van der Waals surface area contributed by atoms with Crippen molar-refractivity contribution in [1.29, 1.82) is 0 Å². The lowest BCUT2D eigenvalue weighted by Crippen LogP contribution is -2.20. The molecule has 1 aliphatic heterocycles. The lowest BCUT2D eigenvalue weighted by atomic mass is 10.1. The van der Waals surface area contributed by atoms with Crippen molar-refractivity contribution in [1.82, 2.24) is 19.5 Å². The molecule has 12 heteroatoms. The van der Waals surface area contributed by atoms with E-state index in [1.54, 1.807) is 10.9 Å². The van der Waals surface area contributed by atoms with Crippen molar-refractivity contribution in [3.8, 4) is 0 Å². The second-order valence-corrected chi connectivity index (χ2v) is 8.24. The molecule has 1 aliphatic carbocycles. The fraction of sp³-hybridized carbons (Fsp3) is 0.615. The van der Waals surface area contributed by atoms with Crippen LogP contribution in [0.25, 0.3) is 11.2 Å². The summed E-state index contributed by atoms with van der Waals surface area (Å²) in [5.41, 5.74) is 6.86. The molecule has 0 aromatic carbocycles. The average molecular weight is 370 g/mol. The normalized spacial score (nSPS) is 27.1. The Morgan fingerprint density at radius 3 is 2.80 bits per heavy atom. The molecule has 3 heterocycles. The van der Waals surface area contributed by atoms with Crippen LogP contribution in [0.4, 0.5) is 11.8 Å². The quantitative estimate of drug-likeness (QED) is 0.446. The molecule has 3 atom stereocenters. The molecule has 2 aliphatic rings. The molecular formula is C13H19N6O5P. The van der Waals surface area contributed by atoms with Gasteiger partial charge in [-0.15, -0.1) is 0 Å². The molecule has 11 nitrogen and oxygen atoms in total. The van der Waals surface area contributed by atoms with E-state index in [0.29, 0.717) is 23.0 Å². The Balaban J connectivity index is 1.59. The Morgan fingerprint density at radius 2 is 2.16 bits per heavy atom. The van der Waals surface area contributed by atoms with Gasteiger partial charge in [-0.25, -0.2) is 4.98 Å². The summed E-state index contributed by atoms with van der Waals surface area (Å²) in [5.74, 6) is -1.12. The Hall–Kier alpha value is -1.78. The molecule has 4 rings (SSSR count). The summed E-state index contributed by atoms with van der Waals surface area (Å²) in [6.45, 7) is 0.244. The highest BCUT2D eigenvalue weighted by Gasteiger charge is 2.43. The Morgan fingerprint density at radius 1 is 1.40 bits per heavy atom. The summed E-state index contributed by atoms with van der Waals surface area (Å²) >= 11 is 0. The van der Waals surface area contributed by atoms with Crippen LogP contribution in [0.5, 0.6) is 0 Å². The minimum atomic E-state index is -4.41. The number of rotatable bonds is 5. The minimum absolute atomic E-state index is 0.0405. The fourth-order valence-corrected chi connectivity index (χ4v) is 3.78. The molecule has 2 fully saturated rings. The first-order valence-corrected chi connectivity index (χ1v) is 9.63. The molecule has 6 N–H and O–H groups in total. The van der Waals surface area contributed by atoms with E-state index >= 15 is 0 Å². The first-order chi connectivity index (χ1) is 11.8. The second kappa shape index (κ2) is 5.89. The largest absolute Gasteiger partial charge is 0.368 e. The summed E-state index contributed by atoms with van der Waals surface area (Å²) in [6.07, 6.45) is 2.47. The molecule has 1 saturated carbocycles. The number of ether oxygens (including phenoxy) is 1. The van der Waals surface area contributed by atoms with E-state index in [1.165, 1.54) is 0 Å². The number of anilines is 2. The van der Waals surface area contributed by atoms with Crippen molar-refractivity contribution in [2.24, 2.45) is 5.92 Å². The van der Waals surface area contributed by atoms with Crippen LogP contribution in [0.15, 0.2) is 6.33 Å². The van der Waals surface area contributed by atoms with Gasteiger partial charge in [0.2, 0.25) is 5.95 Å². The van der Waals surface area contributed by atoms with E-state index in [4.69, 9.17) is 10.5 Å². The number of aromatic nitrogens is 4. The Bertz CT molecular complexity index is 849. The van der Waals surface area contributed by atoms with Gasteiger partial charge in [0.05, 0.1) is 6.33 Å². The van der Waals surface area contributed by atoms with Crippen molar-refractivity contribution < 1.29 is 24.2 Å². The summed E-state index contributed by atoms with van der Waals surface area (Å²) in [4.78, 5) is 31.2. The molecule has 0 spiro atoms. The Labute approximate surface area is 142 Å². The molecule has 0 amide bonds. The number of nitrogens with zero attached hydrogens (tertiary/aromatic N) is 4. The molecule has 136 valence electrons. The number of nitrogen functional groups attached to an aromatic ring is 1. The first-order valence-electron chi connectivity index (χ1n) is 7.95. The minimum Gasteiger partial charge on any atom is -0.368 e. The van der Waals surface area contributed by atoms with Crippen molar-refractivity contribution in [2.75, 3.05) is 11.1 Å². The van der Waals surface area contributed by atoms with Gasteiger partial charge in [0.1, 0.15) is 0 Å². The smallest absolute Gasteiger partial charge is 0.354 e. The van der Waals surface area contributed by atoms with E-state index < -0.39 is 25.6 Å². The molecule has 1 saturated heterocycles. The second-order valence-electron chi connectivity index (χ2n) is 6.48. The monoisotopic (exact) mass is 370 g/mol. The number of hydrogen-bond donors (Lipinski definition) is 5. The van der Waals surface area contributed by atoms with E-state index in [2.05, 4.69) is 20.3 Å². The van der Waals surface area contributed by atoms with Gasteiger partial charge >= 0.3 is 7.60 Å². The molecule has 2 aromatic heterocycles. The maximum Gasteiger partial charge on any atom is 0.354 e. The zero-order valence-corrected chi connectivity index (χ0v) is 14.1. The zero-order chi connectivity index (χ0) is 17.8. The lowest BCUT2D eigenvalue weighted by molar-refractivity contribution is -0.0968. The number of hydrogen-bond acceptors (Lipinski definition) is 8. The number of nitrogens with one attached hydrogen (secondary N) is 1. The van der Waals surface area contributed by atoms with Crippen molar-refractivity contribution in [3.05, 3.63) is 6.33 Å². The van der Waals surface area contributed by atoms with Crippen LogP contribution < -0.4 is 11.1 Å². The van der Waals surface area contributed by atoms with Crippen molar-refractivity contribution >= 4 is 30.5 Å². The van der Waals surface area contributed by atoms with Crippen LogP contribution in [0.2, 0.25) is 0 Å². The molecule has 0 radical (unpaired) electrons. The van der Waals surface area contributed by atoms with Gasteiger partial charge in [-0.3, -0.25) is 4.57 Å². The zero-order valence-electron chi connectivity index (χ0n) is 13.2. The van der Waals surface area contributed by atoms with E-state index in [0.717, 1.165) is 12.8 Å². The third-order valence-electron chi connectivity index (χ3n) is 4.41. The summed E-state index contributed by atoms with van der Waals surface area (Å²) in [7, 11) is -4.41. The maximum atomic E-state index is 11.3. The predicted octanol–water partition coefficient (Wildman–Crippen LogP) is -0.159. The fourth-order valence-electron chi connectivity index (χ4n) is 2.95. The molecular weight excluding hydrogens is 351 g/mol. The number of aliphatic hydroxyl groups excluding tert-OH is 1. The molecule has 2 aromatic rings. The lowest BCUT2D eigenvalue weighted by Gasteiger charge is -2.13. The van der Waals surface area contributed by atoms with Crippen LogP contribution in [-0.4, -0.2) is 52.6 Å². The van der Waals surface area contributed by atoms with Gasteiger partial charge < -0.3 is 35.2 Å². The van der Waals surface area contributed by atoms with Gasteiger partial charge in [-0.05, 0) is 19.3 Å². The van der Waals surface area contributed by atoms with Crippen LogP contribution in [0.3, 0.4) is 0 Å². The van der Waals surface area contributed by atoms with Crippen LogP contribution in [0.1, 0.15) is 19.3 Å². The van der Waals surface area contributed by atoms with E-state index in [9.17, 15) is 19.5 Å². The van der Waals surface area contributed by atoms with E-state index in [1.807, 2.05) is 0 Å². The summed E-state index contributed by atoms with van der Waals surface area (Å²) < 4.78 is 18.0. The average Bonchev–Trinajstić information content (AvgIpc) is 3.12. The molecule has 0 bridgehead atoms. The summed E-state index contributed by atoms with van der Waals surface area (Å²) in [5, 5.41) is 13.2. The standard InChI is InChI=1S/C13H19N6O5P/c14-13-17-10(16-7-1-2-7)9-11(18-13)19(5-15-9)4-6-3-8(24-12(6)20)25(21,22)23/h5-8,12,20H,1-4H2,(H2,21,22,23)(H3,14,16,17,18)/t6-,8-,12+/m0/s1. The number of aliphatic hydroxyl groups is 1. The van der Waals surface area contributed by atoms with Crippen molar-refractivity contribution in [2.45, 2.75) is 44.0 Å². The number of imidazole rings is 1. The van der Waals surface area contributed by atoms with Crippen LogP contribution in [0, 0.1) is 5.92 Å². The first kappa shape index (κ1) is 16.7. The Kier molecular flexibility index (Phi) is 3.93. The number of fused-ring (bicyclic) bond motifs is 1. The van der Waals surface area contributed by atoms with Gasteiger partial charge in [-0.2, -0.15) is 9.97 Å². The topological polar surface area (TPSA) is 169 Å². The van der Waals surface area contributed by atoms with Crippen LogP contribution >= 0.6 is 7.60 Å². The third-order valence-corrected chi connectivity index (χ3v) is 5.49. The highest BCUT2D eigenvalue weighted by molar-refractivity contribution is 7.52. The van der Waals surface area contributed by atoms with E-state index in [-0.39, 0.29) is 18.9 Å². The maximum absolute atomic E-state index is 11.3. The summed E-state index contributed by atoms with van der Waals surface area (Å²) in [6, 6.07) is 0.372. The number of nitrogens with two attached hydrogens (primary N) is 1. The van der Waals surface area contributed by atoms with Gasteiger partial charge in [0.15, 0.2) is 29.1 Å². The highest BCUT2D eigenvalue weighted by Crippen LogP contribution is 2.49.